The van der Waals surface area contributed by atoms with Gasteiger partial charge in [-0.25, -0.2) is 8.42 Å². The second-order valence-corrected chi connectivity index (χ2v) is 9.36. The van der Waals surface area contributed by atoms with Crippen LogP contribution in [0.3, 0.4) is 0 Å². The van der Waals surface area contributed by atoms with Gasteiger partial charge < -0.3 is 10.1 Å². The van der Waals surface area contributed by atoms with Crippen molar-refractivity contribution in [2.75, 3.05) is 18.4 Å². The number of benzene rings is 2. The molecule has 7 nitrogen and oxygen atoms in total. The number of sulfonamides is 1. The van der Waals surface area contributed by atoms with Gasteiger partial charge in [-0.15, -0.1) is 0 Å². The van der Waals surface area contributed by atoms with Gasteiger partial charge in [0.15, 0.2) is 6.10 Å². The molecule has 1 amide bonds. The average Bonchev–Trinajstić information content (AvgIpc) is 2.74. The molecule has 1 unspecified atom stereocenters. The SMILES string of the molecule is Cc1ccc(S(=O)(=O)N2CCC(C(=O)OC(C)C(=O)Nc3ccccc3)CC2)cc1. The Morgan fingerprint density at radius 3 is 2.23 bits per heavy atom. The number of nitrogens with zero attached hydrogens (tertiary/aromatic N) is 1. The van der Waals surface area contributed by atoms with Crippen LogP contribution in [-0.4, -0.2) is 43.8 Å². The third kappa shape index (κ3) is 5.25. The molecule has 30 heavy (non-hydrogen) atoms. The first-order valence-corrected chi connectivity index (χ1v) is 11.3. The van der Waals surface area contributed by atoms with Crippen molar-refractivity contribution in [3.63, 3.8) is 0 Å². The first-order valence-electron chi connectivity index (χ1n) is 9.90. The van der Waals surface area contributed by atoms with Crippen molar-refractivity contribution >= 4 is 27.6 Å². The molecule has 1 atom stereocenters. The molecule has 0 aliphatic carbocycles. The van der Waals surface area contributed by atoms with E-state index in [4.69, 9.17) is 4.74 Å². The Bertz CT molecular complexity index is 982. The molecular formula is C22H26N2O5S. The molecule has 160 valence electrons. The third-order valence-electron chi connectivity index (χ3n) is 5.15. The summed E-state index contributed by atoms with van der Waals surface area (Å²) >= 11 is 0. The van der Waals surface area contributed by atoms with Crippen molar-refractivity contribution in [2.24, 2.45) is 5.92 Å². The Morgan fingerprint density at radius 1 is 1.03 bits per heavy atom. The Morgan fingerprint density at radius 2 is 1.63 bits per heavy atom. The van der Waals surface area contributed by atoms with Crippen LogP contribution in [0.25, 0.3) is 0 Å². The summed E-state index contributed by atoms with van der Waals surface area (Å²) in [4.78, 5) is 24.9. The molecular weight excluding hydrogens is 404 g/mol. The van der Waals surface area contributed by atoms with Gasteiger partial charge >= 0.3 is 5.97 Å². The predicted molar refractivity (Wildman–Crippen MR) is 113 cm³/mol. The molecule has 1 saturated heterocycles. The van der Waals surface area contributed by atoms with Gasteiger partial charge in [-0.2, -0.15) is 4.31 Å². The second-order valence-electron chi connectivity index (χ2n) is 7.43. The highest BCUT2D eigenvalue weighted by atomic mass is 32.2. The summed E-state index contributed by atoms with van der Waals surface area (Å²) in [6, 6.07) is 15.6. The molecule has 1 N–H and O–H groups in total. The van der Waals surface area contributed by atoms with Gasteiger partial charge in [-0.3, -0.25) is 9.59 Å². The number of amides is 1. The highest BCUT2D eigenvalue weighted by molar-refractivity contribution is 7.89. The lowest BCUT2D eigenvalue weighted by molar-refractivity contribution is -0.158. The van der Waals surface area contributed by atoms with E-state index in [1.165, 1.54) is 11.2 Å². The zero-order valence-corrected chi connectivity index (χ0v) is 17.9. The first-order chi connectivity index (χ1) is 14.3. The minimum absolute atomic E-state index is 0.237. The van der Waals surface area contributed by atoms with E-state index in [2.05, 4.69) is 5.32 Å². The van der Waals surface area contributed by atoms with Crippen LogP contribution in [0, 0.1) is 12.8 Å². The Hall–Kier alpha value is -2.71. The molecule has 3 rings (SSSR count). The molecule has 8 heteroatoms. The van der Waals surface area contributed by atoms with E-state index in [1.54, 1.807) is 48.5 Å². The molecule has 0 saturated carbocycles. The third-order valence-corrected chi connectivity index (χ3v) is 7.06. The molecule has 2 aromatic rings. The van der Waals surface area contributed by atoms with Crippen LogP contribution in [0.1, 0.15) is 25.3 Å². The lowest BCUT2D eigenvalue weighted by Gasteiger charge is -2.30. The van der Waals surface area contributed by atoms with Gasteiger partial charge in [0.05, 0.1) is 10.8 Å². The number of esters is 1. The Balaban J connectivity index is 1.52. The van der Waals surface area contributed by atoms with E-state index >= 15 is 0 Å². The smallest absolute Gasteiger partial charge is 0.309 e. The number of ether oxygens (including phenoxy) is 1. The molecule has 1 fully saturated rings. The van der Waals surface area contributed by atoms with Crippen molar-refractivity contribution in [3.05, 3.63) is 60.2 Å². The molecule has 1 aliphatic heterocycles. The van der Waals surface area contributed by atoms with Gasteiger partial charge in [0, 0.05) is 18.8 Å². The summed E-state index contributed by atoms with van der Waals surface area (Å²) in [5.74, 6) is -1.31. The van der Waals surface area contributed by atoms with Crippen LogP contribution in [0.4, 0.5) is 5.69 Å². The molecule has 2 aromatic carbocycles. The number of rotatable bonds is 6. The van der Waals surface area contributed by atoms with Crippen molar-refractivity contribution in [3.8, 4) is 0 Å². The lowest BCUT2D eigenvalue weighted by Crippen LogP contribution is -2.41. The van der Waals surface area contributed by atoms with Crippen molar-refractivity contribution in [1.82, 2.24) is 4.31 Å². The second kappa shape index (κ2) is 9.40. The normalized spacial score (nSPS) is 16.6. The van der Waals surface area contributed by atoms with Gasteiger partial charge in [0.25, 0.3) is 5.91 Å². The summed E-state index contributed by atoms with van der Waals surface area (Å²) in [5, 5.41) is 2.70. The van der Waals surface area contributed by atoms with Crippen LogP contribution in [0.15, 0.2) is 59.5 Å². The minimum atomic E-state index is -3.58. The predicted octanol–water partition coefficient (Wildman–Crippen LogP) is 2.97. The number of para-hydroxylation sites is 1. The largest absolute Gasteiger partial charge is 0.452 e. The number of nitrogens with one attached hydrogen (secondary N) is 1. The van der Waals surface area contributed by atoms with E-state index in [-0.39, 0.29) is 18.0 Å². The number of hydrogen-bond donors (Lipinski definition) is 1. The fourth-order valence-electron chi connectivity index (χ4n) is 3.28. The highest BCUT2D eigenvalue weighted by Crippen LogP contribution is 2.25. The average molecular weight is 431 g/mol. The maximum atomic E-state index is 12.8. The summed E-state index contributed by atoms with van der Waals surface area (Å²) in [6.45, 7) is 3.89. The van der Waals surface area contributed by atoms with Crippen LogP contribution in [0.2, 0.25) is 0 Å². The molecule has 0 spiro atoms. The number of aryl methyl sites for hydroxylation is 1. The quantitative estimate of drug-likeness (QED) is 0.712. The summed E-state index contributed by atoms with van der Waals surface area (Å²) in [5.41, 5.74) is 1.61. The van der Waals surface area contributed by atoms with E-state index in [0.29, 0.717) is 18.5 Å². The van der Waals surface area contributed by atoms with Crippen molar-refractivity contribution < 1.29 is 22.7 Å². The lowest BCUT2D eigenvalue weighted by atomic mass is 9.98. The topological polar surface area (TPSA) is 92.8 Å². The molecule has 0 aromatic heterocycles. The molecule has 1 aliphatic rings. The van der Waals surface area contributed by atoms with Crippen molar-refractivity contribution in [1.29, 1.82) is 0 Å². The molecule has 1 heterocycles. The summed E-state index contributed by atoms with van der Waals surface area (Å²) in [6.07, 6.45) is -0.222. The fraction of sp³-hybridized carbons (Fsp3) is 0.364. The van der Waals surface area contributed by atoms with Gasteiger partial charge in [-0.05, 0) is 51.0 Å². The summed E-state index contributed by atoms with van der Waals surface area (Å²) < 4.78 is 32.3. The van der Waals surface area contributed by atoms with E-state index in [0.717, 1.165) is 5.56 Å². The van der Waals surface area contributed by atoms with Crippen LogP contribution < -0.4 is 5.32 Å². The highest BCUT2D eigenvalue weighted by Gasteiger charge is 2.33. The number of piperidine rings is 1. The maximum Gasteiger partial charge on any atom is 0.309 e. The number of anilines is 1. The van der Waals surface area contributed by atoms with Gasteiger partial charge in [0.2, 0.25) is 10.0 Å². The zero-order chi connectivity index (χ0) is 21.7. The number of carbonyl (C=O) groups excluding carboxylic acids is 2. The van der Waals surface area contributed by atoms with Crippen LogP contribution in [0.5, 0.6) is 0 Å². The van der Waals surface area contributed by atoms with Crippen molar-refractivity contribution in [2.45, 2.75) is 37.7 Å². The Labute approximate surface area is 177 Å². The van der Waals surface area contributed by atoms with Gasteiger partial charge in [-0.1, -0.05) is 35.9 Å². The fourth-order valence-corrected chi connectivity index (χ4v) is 4.75. The van der Waals surface area contributed by atoms with E-state index in [1.807, 2.05) is 13.0 Å². The van der Waals surface area contributed by atoms with E-state index < -0.39 is 33.9 Å². The standard InChI is InChI=1S/C22H26N2O5S/c1-16-8-10-20(11-9-16)30(27,28)24-14-12-18(13-15-24)22(26)29-17(2)21(25)23-19-6-4-3-5-7-19/h3-11,17-18H,12-15H2,1-2H3,(H,23,25). The maximum absolute atomic E-state index is 12.8. The van der Waals surface area contributed by atoms with Gasteiger partial charge in [0.1, 0.15) is 0 Å². The minimum Gasteiger partial charge on any atom is -0.452 e. The van der Waals surface area contributed by atoms with Crippen LogP contribution in [-0.2, 0) is 24.3 Å². The van der Waals surface area contributed by atoms with Crippen LogP contribution >= 0.6 is 0 Å². The first kappa shape index (κ1) is 22.0. The molecule has 0 bridgehead atoms. The number of hydrogen-bond acceptors (Lipinski definition) is 5. The number of carbonyl (C=O) groups is 2. The zero-order valence-electron chi connectivity index (χ0n) is 17.1. The Kier molecular flexibility index (Phi) is 6.89. The monoisotopic (exact) mass is 430 g/mol. The van der Waals surface area contributed by atoms with E-state index in [9.17, 15) is 18.0 Å². The molecule has 0 radical (unpaired) electrons. The summed E-state index contributed by atoms with van der Waals surface area (Å²) in [7, 11) is -3.58.